The van der Waals surface area contributed by atoms with Crippen LogP contribution in [0.5, 0.6) is 0 Å². The highest BCUT2D eigenvalue weighted by molar-refractivity contribution is 6.33. The maximum atomic E-state index is 13.7. The van der Waals surface area contributed by atoms with E-state index in [9.17, 15) is 4.39 Å². The molecule has 2 N–H and O–H groups in total. The molecule has 1 unspecified atom stereocenters. The molecule has 0 aliphatic carbocycles. The summed E-state index contributed by atoms with van der Waals surface area (Å²) in [4.78, 5) is 4.14. The van der Waals surface area contributed by atoms with Crippen molar-refractivity contribution in [2.75, 3.05) is 0 Å². The Kier molecular flexibility index (Phi) is 3.60. The molecule has 1 heterocycles. The summed E-state index contributed by atoms with van der Waals surface area (Å²) in [5.74, 6) is -0.133. The number of halogens is 2. The van der Waals surface area contributed by atoms with Gasteiger partial charge in [0.25, 0.3) is 5.89 Å². The van der Waals surface area contributed by atoms with Crippen molar-refractivity contribution in [1.29, 1.82) is 0 Å². The molecule has 0 aliphatic rings. The lowest BCUT2D eigenvalue weighted by Gasteiger charge is -2.23. The van der Waals surface area contributed by atoms with Gasteiger partial charge in [0.1, 0.15) is 5.82 Å². The molecule has 0 amide bonds. The second kappa shape index (κ2) is 4.90. The molecule has 0 bridgehead atoms. The van der Waals surface area contributed by atoms with E-state index in [1.54, 1.807) is 6.07 Å². The molecular formula is C13H15ClFN3O. The molecule has 6 heteroatoms. The van der Waals surface area contributed by atoms with E-state index in [1.165, 1.54) is 12.1 Å². The summed E-state index contributed by atoms with van der Waals surface area (Å²) in [6.07, 6.45) is 0. The van der Waals surface area contributed by atoms with Gasteiger partial charge < -0.3 is 10.3 Å². The number of hydrogen-bond donors (Lipinski definition) is 1. The molecule has 0 aliphatic heterocycles. The Balaban J connectivity index is 2.42. The average Bonchev–Trinajstić information content (AvgIpc) is 2.75. The van der Waals surface area contributed by atoms with E-state index in [2.05, 4.69) is 10.1 Å². The molecule has 102 valence electrons. The minimum Gasteiger partial charge on any atom is -0.334 e. The highest BCUT2D eigenvalue weighted by Gasteiger charge is 2.28. The van der Waals surface area contributed by atoms with Gasteiger partial charge in [0, 0.05) is 0 Å². The first-order chi connectivity index (χ1) is 8.80. The Morgan fingerprint density at radius 1 is 1.37 bits per heavy atom. The quantitative estimate of drug-likeness (QED) is 0.915. The van der Waals surface area contributed by atoms with Gasteiger partial charge in [0.05, 0.1) is 16.6 Å². The van der Waals surface area contributed by atoms with Crippen LogP contribution in [-0.4, -0.2) is 10.1 Å². The summed E-state index contributed by atoms with van der Waals surface area (Å²) in [5, 5.41) is 4.03. The highest BCUT2D eigenvalue weighted by Crippen LogP contribution is 2.32. The van der Waals surface area contributed by atoms with Gasteiger partial charge in [0.2, 0.25) is 0 Å². The minimum absolute atomic E-state index is 0.0396. The summed E-state index contributed by atoms with van der Waals surface area (Å²) < 4.78 is 18.8. The van der Waals surface area contributed by atoms with Crippen molar-refractivity contribution in [1.82, 2.24) is 10.1 Å². The van der Waals surface area contributed by atoms with Crippen LogP contribution in [0.3, 0.4) is 0 Å². The molecule has 0 saturated heterocycles. The van der Waals surface area contributed by atoms with Crippen LogP contribution in [0.15, 0.2) is 22.7 Å². The number of aromatic nitrogens is 2. The third kappa shape index (κ3) is 2.77. The van der Waals surface area contributed by atoms with Crippen LogP contribution >= 0.6 is 11.6 Å². The Morgan fingerprint density at radius 2 is 2.05 bits per heavy atom. The first kappa shape index (κ1) is 14.0. The van der Waals surface area contributed by atoms with Crippen molar-refractivity contribution in [3.63, 3.8) is 0 Å². The molecule has 19 heavy (non-hydrogen) atoms. The third-order valence-corrected chi connectivity index (χ3v) is 3.14. The lowest BCUT2D eigenvalue weighted by molar-refractivity contribution is 0.303. The van der Waals surface area contributed by atoms with E-state index in [0.29, 0.717) is 5.82 Å². The topological polar surface area (TPSA) is 64.9 Å². The van der Waals surface area contributed by atoms with E-state index in [4.69, 9.17) is 21.9 Å². The van der Waals surface area contributed by atoms with E-state index < -0.39 is 11.9 Å². The standard InChI is InChI=1S/C13H15ClFN3O/c1-13(2,3)10(16)11-17-12(19-18-11)9-7(14)5-4-6-8(9)15/h4-6,10H,16H2,1-3H3. The van der Waals surface area contributed by atoms with Crippen molar-refractivity contribution < 1.29 is 8.91 Å². The van der Waals surface area contributed by atoms with Gasteiger partial charge in [-0.1, -0.05) is 43.6 Å². The molecular weight excluding hydrogens is 269 g/mol. The second-order valence-corrected chi connectivity index (χ2v) is 5.81. The van der Waals surface area contributed by atoms with Gasteiger partial charge in [0.15, 0.2) is 5.82 Å². The monoisotopic (exact) mass is 283 g/mol. The molecule has 2 aromatic rings. The Morgan fingerprint density at radius 3 is 2.63 bits per heavy atom. The van der Waals surface area contributed by atoms with Crippen LogP contribution in [0.2, 0.25) is 5.02 Å². The van der Waals surface area contributed by atoms with Crippen LogP contribution < -0.4 is 5.73 Å². The predicted octanol–water partition coefficient (Wildman–Crippen LogP) is 3.58. The molecule has 0 saturated carbocycles. The Hall–Kier alpha value is -1.46. The number of benzene rings is 1. The fourth-order valence-electron chi connectivity index (χ4n) is 1.55. The summed E-state index contributed by atoms with van der Waals surface area (Å²) in [7, 11) is 0. The highest BCUT2D eigenvalue weighted by atomic mass is 35.5. The number of rotatable bonds is 2. The third-order valence-electron chi connectivity index (χ3n) is 2.83. The van der Waals surface area contributed by atoms with Gasteiger partial charge in [-0.25, -0.2) is 4.39 Å². The smallest absolute Gasteiger partial charge is 0.262 e. The fourth-order valence-corrected chi connectivity index (χ4v) is 1.80. The van der Waals surface area contributed by atoms with E-state index in [1.807, 2.05) is 20.8 Å². The molecule has 4 nitrogen and oxygen atoms in total. The van der Waals surface area contributed by atoms with E-state index in [0.717, 1.165) is 0 Å². The predicted molar refractivity (Wildman–Crippen MR) is 71.1 cm³/mol. The van der Waals surface area contributed by atoms with E-state index in [-0.39, 0.29) is 21.9 Å². The molecule has 0 spiro atoms. The Bertz CT molecular complexity index is 572. The molecule has 1 aromatic heterocycles. The largest absolute Gasteiger partial charge is 0.334 e. The summed E-state index contributed by atoms with van der Waals surface area (Å²) in [5.41, 5.74) is 5.91. The van der Waals surface area contributed by atoms with Crippen LogP contribution in [0.25, 0.3) is 11.5 Å². The van der Waals surface area contributed by atoms with Gasteiger partial charge >= 0.3 is 0 Å². The molecule has 2 rings (SSSR count). The molecule has 1 aromatic carbocycles. The normalized spacial score (nSPS) is 13.6. The van der Waals surface area contributed by atoms with Gasteiger partial charge in [-0.05, 0) is 17.5 Å². The van der Waals surface area contributed by atoms with Crippen LogP contribution in [0, 0.1) is 11.2 Å². The van der Waals surface area contributed by atoms with Crippen molar-refractivity contribution in [2.24, 2.45) is 11.1 Å². The maximum absolute atomic E-state index is 13.7. The molecule has 0 fully saturated rings. The lowest BCUT2D eigenvalue weighted by Crippen LogP contribution is -2.27. The zero-order valence-electron chi connectivity index (χ0n) is 10.9. The number of hydrogen-bond acceptors (Lipinski definition) is 4. The van der Waals surface area contributed by atoms with Gasteiger partial charge in [-0.15, -0.1) is 0 Å². The number of nitrogens with two attached hydrogens (primary N) is 1. The van der Waals surface area contributed by atoms with Gasteiger partial charge in [-0.3, -0.25) is 0 Å². The molecule has 1 atom stereocenters. The summed E-state index contributed by atoms with van der Waals surface area (Å²) in [6.45, 7) is 5.89. The van der Waals surface area contributed by atoms with Crippen molar-refractivity contribution >= 4 is 11.6 Å². The first-order valence-corrected chi connectivity index (χ1v) is 6.22. The SMILES string of the molecule is CC(C)(C)C(N)c1noc(-c2c(F)cccc2Cl)n1. The van der Waals surface area contributed by atoms with E-state index >= 15 is 0 Å². The second-order valence-electron chi connectivity index (χ2n) is 5.40. The maximum Gasteiger partial charge on any atom is 0.262 e. The van der Waals surface area contributed by atoms with Crippen LogP contribution in [0.1, 0.15) is 32.6 Å². The zero-order valence-corrected chi connectivity index (χ0v) is 11.7. The van der Waals surface area contributed by atoms with Crippen molar-refractivity contribution in [3.8, 4) is 11.5 Å². The number of nitrogens with zero attached hydrogens (tertiary/aromatic N) is 2. The summed E-state index contributed by atoms with van der Waals surface area (Å²) in [6, 6.07) is 3.96. The first-order valence-electron chi connectivity index (χ1n) is 5.84. The molecule has 0 radical (unpaired) electrons. The fraction of sp³-hybridized carbons (Fsp3) is 0.385. The van der Waals surface area contributed by atoms with Crippen LogP contribution in [-0.2, 0) is 0 Å². The average molecular weight is 284 g/mol. The van der Waals surface area contributed by atoms with Gasteiger partial charge in [-0.2, -0.15) is 4.98 Å². The van der Waals surface area contributed by atoms with Crippen LogP contribution in [0.4, 0.5) is 4.39 Å². The minimum atomic E-state index is -0.507. The lowest BCUT2D eigenvalue weighted by atomic mass is 9.87. The van der Waals surface area contributed by atoms with Crippen molar-refractivity contribution in [3.05, 3.63) is 34.9 Å². The van der Waals surface area contributed by atoms with Crippen molar-refractivity contribution in [2.45, 2.75) is 26.8 Å². The Labute approximate surface area is 115 Å². The zero-order chi connectivity index (χ0) is 14.2. The summed E-state index contributed by atoms with van der Waals surface area (Å²) >= 11 is 5.94.